The topological polar surface area (TPSA) is 61.2 Å². The van der Waals surface area contributed by atoms with Gasteiger partial charge in [-0.15, -0.1) is 17.9 Å². The summed E-state index contributed by atoms with van der Waals surface area (Å²) in [4.78, 5) is 32.5. The first-order chi connectivity index (χ1) is 13.9. The van der Waals surface area contributed by atoms with Crippen molar-refractivity contribution in [3.8, 4) is 5.75 Å². The number of nitrogens with zero attached hydrogens (tertiary/aromatic N) is 2. The summed E-state index contributed by atoms with van der Waals surface area (Å²) in [6.45, 7) is 12.4. The van der Waals surface area contributed by atoms with Crippen LogP contribution >= 0.6 is 23.1 Å². The van der Waals surface area contributed by atoms with E-state index < -0.39 is 5.25 Å². The highest BCUT2D eigenvalue weighted by Gasteiger charge is 2.22. The molecule has 0 radical (unpaired) electrons. The van der Waals surface area contributed by atoms with Crippen molar-refractivity contribution in [3.05, 3.63) is 63.3 Å². The van der Waals surface area contributed by atoms with Crippen molar-refractivity contribution in [1.82, 2.24) is 9.55 Å². The van der Waals surface area contributed by atoms with Crippen LogP contribution in [-0.4, -0.2) is 27.2 Å². The summed E-state index contributed by atoms with van der Waals surface area (Å²) in [5, 5.41) is 0.801. The minimum absolute atomic E-state index is 0.0175. The number of thiophene rings is 1. The van der Waals surface area contributed by atoms with Crippen molar-refractivity contribution in [3.63, 3.8) is 0 Å². The molecule has 3 aromatic rings. The average Bonchev–Trinajstić information content (AvgIpc) is 2.99. The molecule has 1 unspecified atom stereocenters. The first-order valence-corrected chi connectivity index (χ1v) is 11.1. The number of fused-ring (bicyclic) bond motifs is 1. The van der Waals surface area contributed by atoms with Crippen molar-refractivity contribution < 1.29 is 9.53 Å². The zero-order valence-corrected chi connectivity index (χ0v) is 18.7. The lowest BCUT2D eigenvalue weighted by atomic mass is 10.1. The Bertz CT molecular complexity index is 1110. The number of carbonyl (C=O) groups excluding carboxylic acids is 1. The van der Waals surface area contributed by atoms with Gasteiger partial charge in [0.05, 0.1) is 17.2 Å². The number of ether oxygens (including phenoxy) is 1. The Morgan fingerprint density at radius 1 is 1.34 bits per heavy atom. The fraction of sp³-hybridized carbons (Fsp3) is 0.318. The van der Waals surface area contributed by atoms with E-state index in [1.807, 2.05) is 27.7 Å². The van der Waals surface area contributed by atoms with Gasteiger partial charge in [-0.3, -0.25) is 14.2 Å². The number of ketones is 1. The molecule has 0 aliphatic rings. The fourth-order valence-corrected chi connectivity index (χ4v) is 5.08. The molecular formula is C22H24N2O3S2. The third kappa shape index (κ3) is 4.31. The van der Waals surface area contributed by atoms with Gasteiger partial charge in [0.15, 0.2) is 10.9 Å². The monoisotopic (exact) mass is 428 g/mol. The molecule has 1 atom stereocenters. The van der Waals surface area contributed by atoms with Gasteiger partial charge in [0.2, 0.25) is 0 Å². The summed E-state index contributed by atoms with van der Waals surface area (Å²) in [5.74, 6) is 0.718. The third-order valence-corrected chi connectivity index (χ3v) is 6.86. The van der Waals surface area contributed by atoms with Crippen molar-refractivity contribution in [1.29, 1.82) is 0 Å². The Balaban J connectivity index is 1.93. The molecule has 0 spiro atoms. The van der Waals surface area contributed by atoms with Crippen molar-refractivity contribution >= 4 is 39.1 Å². The molecule has 0 N–H and O–H groups in total. The van der Waals surface area contributed by atoms with Crippen molar-refractivity contribution in [2.45, 2.75) is 44.6 Å². The summed E-state index contributed by atoms with van der Waals surface area (Å²) < 4.78 is 7.03. The molecule has 3 rings (SSSR count). The fourth-order valence-electron chi connectivity index (χ4n) is 3.02. The molecule has 0 saturated carbocycles. The Morgan fingerprint density at radius 2 is 2.03 bits per heavy atom. The lowest BCUT2D eigenvalue weighted by molar-refractivity contribution is 0.0994. The van der Waals surface area contributed by atoms with Crippen LogP contribution in [0.15, 0.2) is 46.9 Å². The van der Waals surface area contributed by atoms with E-state index in [0.29, 0.717) is 34.1 Å². The van der Waals surface area contributed by atoms with Crippen LogP contribution in [0.3, 0.4) is 0 Å². The second kappa shape index (κ2) is 8.97. The Hall–Kier alpha value is -2.38. The molecule has 0 amide bonds. The summed E-state index contributed by atoms with van der Waals surface area (Å²) in [6, 6.07) is 7.13. The maximum atomic E-state index is 13.1. The summed E-state index contributed by atoms with van der Waals surface area (Å²) in [6.07, 6.45) is 1.67. The molecule has 1 aromatic carbocycles. The maximum absolute atomic E-state index is 13.1. The van der Waals surface area contributed by atoms with Crippen molar-refractivity contribution in [2.75, 3.05) is 6.61 Å². The first-order valence-electron chi connectivity index (χ1n) is 9.42. The summed E-state index contributed by atoms with van der Waals surface area (Å²) in [5.41, 5.74) is 1.49. The van der Waals surface area contributed by atoms with Gasteiger partial charge in [-0.1, -0.05) is 17.8 Å². The lowest BCUT2D eigenvalue weighted by Crippen LogP contribution is -2.24. The zero-order chi connectivity index (χ0) is 21.1. The number of allylic oxidation sites excluding steroid dienone is 1. The summed E-state index contributed by atoms with van der Waals surface area (Å²) in [7, 11) is 0. The van der Waals surface area contributed by atoms with Crippen molar-refractivity contribution in [2.24, 2.45) is 0 Å². The van der Waals surface area contributed by atoms with E-state index in [1.165, 1.54) is 23.1 Å². The molecule has 0 bridgehead atoms. The van der Waals surface area contributed by atoms with Gasteiger partial charge >= 0.3 is 0 Å². The largest absolute Gasteiger partial charge is 0.494 e. The standard InChI is InChI=1S/C22H24N2O3S2/c1-6-12-24-21(26)18-13(3)14(4)28-20(18)23-22(24)29-15(5)19(25)16-8-10-17(11-9-16)27-7-2/h6,8-11,15H,1,7,12H2,2-5H3. The van der Waals surface area contributed by atoms with E-state index in [-0.39, 0.29) is 11.3 Å². The zero-order valence-electron chi connectivity index (χ0n) is 17.0. The van der Waals surface area contributed by atoms with Gasteiger partial charge in [0.1, 0.15) is 10.6 Å². The number of aromatic nitrogens is 2. The highest BCUT2D eigenvalue weighted by Crippen LogP contribution is 2.30. The number of carbonyl (C=O) groups is 1. The highest BCUT2D eigenvalue weighted by atomic mass is 32.2. The van der Waals surface area contributed by atoms with Gasteiger partial charge in [-0.25, -0.2) is 4.98 Å². The SMILES string of the molecule is C=CCn1c(SC(C)C(=O)c2ccc(OCC)cc2)nc2sc(C)c(C)c2c1=O. The van der Waals surface area contributed by atoms with Gasteiger partial charge in [-0.05, 0) is 57.5 Å². The number of benzene rings is 1. The normalized spacial score (nSPS) is 12.1. The number of hydrogen-bond acceptors (Lipinski definition) is 6. The number of aryl methyl sites for hydroxylation is 2. The molecule has 7 heteroatoms. The number of thioether (sulfide) groups is 1. The lowest BCUT2D eigenvalue weighted by Gasteiger charge is -2.14. The Labute approximate surface area is 178 Å². The molecule has 2 aromatic heterocycles. The van der Waals surface area contributed by atoms with E-state index in [1.54, 1.807) is 34.9 Å². The first kappa shape index (κ1) is 21.3. The quantitative estimate of drug-likeness (QED) is 0.218. The predicted octanol–water partition coefficient (Wildman–Crippen LogP) is 5.02. The average molecular weight is 429 g/mol. The van der Waals surface area contributed by atoms with E-state index in [9.17, 15) is 9.59 Å². The molecule has 0 saturated heterocycles. The van der Waals surface area contributed by atoms with Gasteiger partial charge in [0, 0.05) is 17.0 Å². The van der Waals surface area contributed by atoms with Gasteiger partial charge < -0.3 is 4.74 Å². The van der Waals surface area contributed by atoms with E-state index in [4.69, 9.17) is 9.72 Å². The van der Waals surface area contributed by atoms with Crippen LogP contribution in [0.5, 0.6) is 5.75 Å². The third-order valence-electron chi connectivity index (χ3n) is 4.67. The number of hydrogen-bond donors (Lipinski definition) is 0. The van der Waals surface area contributed by atoms with Crippen LogP contribution in [0, 0.1) is 13.8 Å². The molecule has 0 aliphatic heterocycles. The van der Waals surface area contributed by atoms with E-state index >= 15 is 0 Å². The van der Waals surface area contributed by atoms with Crippen LogP contribution in [-0.2, 0) is 6.54 Å². The molecule has 152 valence electrons. The van der Waals surface area contributed by atoms with Crippen LogP contribution in [0.25, 0.3) is 10.2 Å². The number of Topliss-reactive ketones (excluding diaryl/α,β-unsaturated/α-hetero) is 1. The van der Waals surface area contributed by atoms with Crippen LogP contribution in [0.1, 0.15) is 34.6 Å². The second-order valence-corrected chi connectivity index (χ2v) is 9.16. The van der Waals surface area contributed by atoms with Gasteiger partial charge in [0.25, 0.3) is 5.56 Å². The maximum Gasteiger partial charge on any atom is 0.263 e. The highest BCUT2D eigenvalue weighted by molar-refractivity contribution is 8.00. The van der Waals surface area contributed by atoms with Crippen LogP contribution < -0.4 is 10.3 Å². The van der Waals surface area contributed by atoms with Gasteiger partial charge in [-0.2, -0.15) is 0 Å². The molecule has 5 nitrogen and oxygen atoms in total. The Morgan fingerprint density at radius 3 is 2.66 bits per heavy atom. The minimum Gasteiger partial charge on any atom is -0.494 e. The van der Waals surface area contributed by atoms with Crippen LogP contribution in [0.2, 0.25) is 0 Å². The summed E-state index contributed by atoms with van der Waals surface area (Å²) >= 11 is 2.81. The minimum atomic E-state index is -0.393. The molecule has 0 fully saturated rings. The molecule has 0 aliphatic carbocycles. The van der Waals surface area contributed by atoms with E-state index in [2.05, 4.69) is 6.58 Å². The smallest absolute Gasteiger partial charge is 0.263 e. The molecular weight excluding hydrogens is 404 g/mol. The van der Waals surface area contributed by atoms with Crippen LogP contribution in [0.4, 0.5) is 0 Å². The Kier molecular flexibility index (Phi) is 6.59. The van der Waals surface area contributed by atoms with E-state index in [0.717, 1.165) is 16.2 Å². The predicted molar refractivity (Wildman–Crippen MR) is 121 cm³/mol. The second-order valence-electron chi connectivity index (χ2n) is 6.64. The molecule has 29 heavy (non-hydrogen) atoms. The number of rotatable bonds is 8. The molecule has 2 heterocycles.